The monoisotopic (exact) mass is 302 g/mol. The van der Waals surface area contributed by atoms with Crippen LogP contribution in [0.15, 0.2) is 48.5 Å². The third-order valence-corrected chi connectivity index (χ3v) is 3.40. The number of halogens is 2. The number of rotatable bonds is 3. The Labute approximate surface area is 125 Å². The van der Waals surface area contributed by atoms with Gasteiger partial charge in [0, 0.05) is 5.69 Å². The Kier molecular flexibility index (Phi) is 3.58. The second kappa shape index (κ2) is 5.55. The van der Waals surface area contributed by atoms with E-state index in [2.05, 4.69) is 5.32 Å². The second-order valence-electron chi connectivity index (χ2n) is 4.96. The Bertz CT molecular complexity index is 731. The van der Waals surface area contributed by atoms with Gasteiger partial charge in [-0.05, 0) is 42.5 Å². The first-order valence-electron chi connectivity index (χ1n) is 6.69. The van der Waals surface area contributed by atoms with Crippen LogP contribution >= 0.6 is 0 Å². The highest BCUT2D eigenvalue weighted by atomic mass is 19.1. The van der Waals surface area contributed by atoms with E-state index < -0.39 is 23.7 Å². The molecule has 0 unspecified atom stereocenters. The summed E-state index contributed by atoms with van der Waals surface area (Å²) in [6, 6.07) is 10.0. The van der Waals surface area contributed by atoms with E-state index in [0.717, 1.165) is 11.0 Å². The molecule has 0 bridgehead atoms. The Balaban J connectivity index is 1.81. The van der Waals surface area contributed by atoms with Crippen LogP contribution in [0.4, 0.5) is 20.2 Å². The van der Waals surface area contributed by atoms with Gasteiger partial charge in [-0.15, -0.1) is 0 Å². The topological polar surface area (TPSA) is 49.4 Å². The van der Waals surface area contributed by atoms with Gasteiger partial charge in [0.05, 0.1) is 12.1 Å². The maximum Gasteiger partial charge on any atom is 0.256 e. The average Bonchev–Trinajstić information content (AvgIpc) is 2.76. The summed E-state index contributed by atoms with van der Waals surface area (Å²) in [7, 11) is 0. The normalized spacial score (nSPS) is 17.9. The fraction of sp³-hybridized carbons (Fsp3) is 0.125. The lowest BCUT2D eigenvalue weighted by molar-refractivity contribution is -0.121. The van der Waals surface area contributed by atoms with Gasteiger partial charge in [-0.25, -0.2) is 13.7 Å². The molecule has 0 saturated carbocycles. The smallest absolute Gasteiger partial charge is 0.256 e. The Morgan fingerprint density at radius 1 is 1.00 bits per heavy atom. The summed E-state index contributed by atoms with van der Waals surface area (Å²) in [5.74, 6) is -1.77. The molecule has 0 spiro atoms. The highest BCUT2D eigenvalue weighted by Crippen LogP contribution is 2.25. The second-order valence-corrected chi connectivity index (χ2v) is 4.96. The molecule has 1 N–H and O–H groups in total. The van der Waals surface area contributed by atoms with Crippen molar-refractivity contribution >= 4 is 23.2 Å². The summed E-state index contributed by atoms with van der Waals surface area (Å²) in [5.41, 5.74) is 0.743. The van der Waals surface area contributed by atoms with Crippen molar-refractivity contribution in [2.45, 2.75) is 12.5 Å². The third kappa shape index (κ3) is 2.67. The largest absolute Gasteiger partial charge is 0.373 e. The molecule has 1 heterocycles. The van der Waals surface area contributed by atoms with Crippen LogP contribution in [0.25, 0.3) is 0 Å². The Hall–Kier alpha value is -2.76. The highest BCUT2D eigenvalue weighted by molar-refractivity contribution is 6.23. The zero-order valence-corrected chi connectivity index (χ0v) is 11.4. The number of nitrogens with one attached hydrogen (secondary N) is 1. The molecule has 1 atom stereocenters. The third-order valence-electron chi connectivity index (χ3n) is 3.40. The number of carbonyl (C=O) groups is 2. The molecule has 4 nitrogen and oxygen atoms in total. The van der Waals surface area contributed by atoms with Crippen molar-refractivity contribution < 1.29 is 18.4 Å². The summed E-state index contributed by atoms with van der Waals surface area (Å²) in [4.78, 5) is 25.3. The van der Waals surface area contributed by atoms with Crippen LogP contribution in [-0.4, -0.2) is 17.9 Å². The highest BCUT2D eigenvalue weighted by Gasteiger charge is 2.39. The number of imide groups is 1. The molecule has 3 rings (SSSR count). The minimum Gasteiger partial charge on any atom is -0.373 e. The van der Waals surface area contributed by atoms with Gasteiger partial charge in [0.1, 0.15) is 17.7 Å². The number of hydrogen-bond acceptors (Lipinski definition) is 3. The van der Waals surface area contributed by atoms with Gasteiger partial charge in [0.15, 0.2) is 0 Å². The molecule has 1 fully saturated rings. The van der Waals surface area contributed by atoms with E-state index in [1.165, 1.54) is 42.5 Å². The predicted octanol–water partition coefficient (Wildman–Crippen LogP) is 2.71. The number of anilines is 2. The van der Waals surface area contributed by atoms with Crippen molar-refractivity contribution in [2.75, 3.05) is 10.2 Å². The first kappa shape index (κ1) is 14.2. The van der Waals surface area contributed by atoms with Crippen LogP contribution in [0.5, 0.6) is 0 Å². The number of nitrogens with zero attached hydrogens (tertiary/aromatic N) is 1. The molecule has 0 radical (unpaired) electrons. The van der Waals surface area contributed by atoms with Crippen LogP contribution in [-0.2, 0) is 9.59 Å². The Morgan fingerprint density at radius 3 is 2.41 bits per heavy atom. The van der Waals surface area contributed by atoms with Gasteiger partial charge in [-0.1, -0.05) is 6.07 Å². The van der Waals surface area contributed by atoms with E-state index in [0.29, 0.717) is 5.69 Å². The van der Waals surface area contributed by atoms with Crippen molar-refractivity contribution in [3.8, 4) is 0 Å². The van der Waals surface area contributed by atoms with Crippen LogP contribution in [0, 0.1) is 11.6 Å². The molecule has 2 aromatic rings. The minimum absolute atomic E-state index is 0.0350. The quantitative estimate of drug-likeness (QED) is 0.887. The van der Waals surface area contributed by atoms with Crippen LogP contribution < -0.4 is 10.2 Å². The van der Waals surface area contributed by atoms with Crippen LogP contribution in [0.1, 0.15) is 6.42 Å². The van der Waals surface area contributed by atoms with Crippen LogP contribution in [0.3, 0.4) is 0 Å². The lowest BCUT2D eigenvalue weighted by atomic mass is 10.2. The van der Waals surface area contributed by atoms with Gasteiger partial charge in [-0.2, -0.15) is 0 Å². The van der Waals surface area contributed by atoms with Gasteiger partial charge < -0.3 is 5.32 Å². The molecule has 1 aliphatic heterocycles. The van der Waals surface area contributed by atoms with E-state index in [-0.39, 0.29) is 17.9 Å². The first-order chi connectivity index (χ1) is 10.5. The van der Waals surface area contributed by atoms with Crippen molar-refractivity contribution in [2.24, 2.45) is 0 Å². The molecule has 2 aromatic carbocycles. The van der Waals surface area contributed by atoms with E-state index in [1.54, 1.807) is 0 Å². The number of benzene rings is 2. The fourth-order valence-electron chi connectivity index (χ4n) is 2.38. The summed E-state index contributed by atoms with van der Waals surface area (Å²) < 4.78 is 26.1. The number of amides is 2. The summed E-state index contributed by atoms with van der Waals surface area (Å²) in [5, 5.41) is 2.89. The molecule has 1 saturated heterocycles. The molecule has 2 amide bonds. The van der Waals surface area contributed by atoms with Gasteiger partial charge in [-0.3, -0.25) is 9.59 Å². The molecule has 0 aliphatic carbocycles. The lowest BCUT2D eigenvalue weighted by Crippen LogP contribution is -2.34. The van der Waals surface area contributed by atoms with Crippen molar-refractivity contribution in [3.05, 3.63) is 60.2 Å². The molecular formula is C16H12F2N2O2. The fourth-order valence-corrected chi connectivity index (χ4v) is 2.38. The lowest BCUT2D eigenvalue weighted by Gasteiger charge is -2.16. The van der Waals surface area contributed by atoms with Crippen molar-refractivity contribution in [3.63, 3.8) is 0 Å². The maximum atomic E-state index is 13.3. The van der Waals surface area contributed by atoms with E-state index in [9.17, 15) is 18.4 Å². The zero-order valence-electron chi connectivity index (χ0n) is 11.4. The molecular weight excluding hydrogens is 290 g/mol. The zero-order chi connectivity index (χ0) is 15.7. The molecule has 112 valence electrons. The standard InChI is InChI=1S/C16H12F2N2O2/c17-10-4-6-12(7-5-10)19-14-9-15(21)20(16(14)22)13-3-1-2-11(18)8-13/h1-8,14,19H,9H2/t14-/m1/s1. The van der Waals surface area contributed by atoms with Crippen molar-refractivity contribution in [1.29, 1.82) is 0 Å². The molecule has 1 aliphatic rings. The molecule has 0 aromatic heterocycles. The van der Waals surface area contributed by atoms with Gasteiger partial charge >= 0.3 is 0 Å². The van der Waals surface area contributed by atoms with Gasteiger partial charge in [0.2, 0.25) is 5.91 Å². The molecule has 6 heteroatoms. The average molecular weight is 302 g/mol. The molecule has 22 heavy (non-hydrogen) atoms. The van der Waals surface area contributed by atoms with Crippen molar-refractivity contribution in [1.82, 2.24) is 0 Å². The van der Waals surface area contributed by atoms with E-state index >= 15 is 0 Å². The van der Waals surface area contributed by atoms with E-state index in [1.807, 2.05) is 0 Å². The Morgan fingerprint density at radius 2 is 1.73 bits per heavy atom. The SMILES string of the molecule is O=C1C[C@@H](Nc2ccc(F)cc2)C(=O)N1c1cccc(F)c1. The minimum atomic E-state index is -0.749. The number of carbonyl (C=O) groups excluding carboxylic acids is 2. The summed E-state index contributed by atoms with van der Waals surface area (Å²) in [6.45, 7) is 0. The summed E-state index contributed by atoms with van der Waals surface area (Å²) in [6.07, 6.45) is -0.0350. The number of hydrogen-bond donors (Lipinski definition) is 1. The maximum absolute atomic E-state index is 13.3. The van der Waals surface area contributed by atoms with E-state index in [4.69, 9.17) is 0 Å². The predicted molar refractivity (Wildman–Crippen MR) is 77.3 cm³/mol. The van der Waals surface area contributed by atoms with Gasteiger partial charge in [0.25, 0.3) is 5.91 Å². The summed E-state index contributed by atoms with van der Waals surface area (Å²) >= 11 is 0. The van der Waals surface area contributed by atoms with Crippen LogP contribution in [0.2, 0.25) is 0 Å². The first-order valence-corrected chi connectivity index (χ1v) is 6.69.